The number of hydrogen-bond donors (Lipinski definition) is 1. The second kappa shape index (κ2) is 8.03. The number of aromatic nitrogens is 4. The highest BCUT2D eigenvalue weighted by Gasteiger charge is 2.36. The van der Waals surface area contributed by atoms with Crippen LogP contribution in [0.2, 0.25) is 0 Å². The number of carbonyl (C=O) groups is 1. The number of alkyl halides is 3. The molecule has 27 heavy (non-hydrogen) atoms. The number of aryl methyl sites for hydroxylation is 1. The molecule has 3 aromatic heterocycles. The zero-order valence-electron chi connectivity index (χ0n) is 15.1. The van der Waals surface area contributed by atoms with Gasteiger partial charge in [0.05, 0.1) is 23.4 Å². The minimum atomic E-state index is -4.53. The predicted octanol–water partition coefficient (Wildman–Crippen LogP) is 5.05. The Morgan fingerprint density at radius 2 is 1.74 bits per heavy atom. The van der Waals surface area contributed by atoms with Gasteiger partial charge in [-0.2, -0.15) is 13.2 Å². The lowest BCUT2D eigenvalue weighted by Gasteiger charge is -2.05. The Morgan fingerprint density at radius 1 is 1.07 bits per heavy atom. The van der Waals surface area contributed by atoms with E-state index in [4.69, 9.17) is 4.79 Å². The van der Waals surface area contributed by atoms with Crippen molar-refractivity contribution in [3.05, 3.63) is 54.1 Å². The molecule has 0 spiro atoms. The van der Waals surface area contributed by atoms with E-state index in [2.05, 4.69) is 15.0 Å². The van der Waals surface area contributed by atoms with E-state index in [1.807, 2.05) is 51.8 Å². The van der Waals surface area contributed by atoms with Gasteiger partial charge in [-0.1, -0.05) is 37.6 Å². The summed E-state index contributed by atoms with van der Waals surface area (Å²) in [7, 11) is 0. The van der Waals surface area contributed by atoms with E-state index in [0.717, 1.165) is 15.5 Å². The van der Waals surface area contributed by atoms with Crippen LogP contribution in [0.4, 0.5) is 13.2 Å². The van der Waals surface area contributed by atoms with Gasteiger partial charge in [0.2, 0.25) is 5.82 Å². The third kappa shape index (κ3) is 3.84. The quantitative estimate of drug-likeness (QED) is 0.506. The number of halogens is 3. The highest BCUT2D eigenvalue weighted by atomic mass is 19.4. The third-order valence-corrected chi connectivity index (χ3v) is 3.72. The van der Waals surface area contributed by atoms with Gasteiger partial charge >= 0.3 is 6.18 Å². The van der Waals surface area contributed by atoms with Gasteiger partial charge in [-0.05, 0) is 24.6 Å². The predicted molar refractivity (Wildman–Crippen MR) is 98.5 cm³/mol. The van der Waals surface area contributed by atoms with Crippen molar-refractivity contribution in [3.8, 4) is 11.3 Å². The normalized spacial score (nSPS) is 10.9. The highest BCUT2D eigenvalue weighted by molar-refractivity contribution is 5.82. The third-order valence-electron chi connectivity index (χ3n) is 3.72. The molecule has 1 aromatic carbocycles. The summed E-state index contributed by atoms with van der Waals surface area (Å²) in [5.41, 5.74) is 3.72. The molecule has 3 heterocycles. The average molecular weight is 376 g/mol. The van der Waals surface area contributed by atoms with Gasteiger partial charge in [-0.3, -0.25) is 4.40 Å². The lowest BCUT2D eigenvalue weighted by Crippen LogP contribution is -2.11. The molecule has 0 unspecified atom stereocenters. The number of carbonyl (C=O) groups excluding carboxylic acids is 1. The molecule has 0 saturated carbocycles. The van der Waals surface area contributed by atoms with Gasteiger partial charge in [0.1, 0.15) is 6.79 Å². The van der Waals surface area contributed by atoms with Gasteiger partial charge in [-0.25, -0.2) is 9.97 Å². The van der Waals surface area contributed by atoms with Crippen molar-refractivity contribution in [1.82, 2.24) is 19.4 Å². The number of H-pyrrole nitrogens is 1. The standard InChI is InChI=1S/C16H11F3N4.C2H6.CH2O/c1-9-3-2-4-10(5-9)12-6-13-14(22-12)20-7-11-8-21-15(23(11)13)16(17,18)19;2*1-2/h2-8,22H,1H3;1-2H3;1H2. The zero-order chi connectivity index (χ0) is 20.2. The summed E-state index contributed by atoms with van der Waals surface area (Å²) in [4.78, 5) is 18.8. The fourth-order valence-corrected chi connectivity index (χ4v) is 2.71. The average Bonchev–Trinajstić information content (AvgIpc) is 3.28. The summed E-state index contributed by atoms with van der Waals surface area (Å²) in [6, 6.07) is 9.38. The molecular formula is C19H19F3N4O. The van der Waals surface area contributed by atoms with Crippen molar-refractivity contribution in [2.24, 2.45) is 0 Å². The molecule has 5 nitrogen and oxygen atoms in total. The van der Waals surface area contributed by atoms with E-state index in [1.54, 1.807) is 6.07 Å². The summed E-state index contributed by atoms with van der Waals surface area (Å²) in [5.74, 6) is -0.949. The van der Waals surface area contributed by atoms with Gasteiger partial charge in [0.15, 0.2) is 5.65 Å². The van der Waals surface area contributed by atoms with E-state index < -0.39 is 12.0 Å². The molecular weight excluding hydrogens is 357 g/mol. The lowest BCUT2D eigenvalue weighted by atomic mass is 10.1. The maximum atomic E-state index is 13.1. The van der Waals surface area contributed by atoms with Crippen molar-refractivity contribution in [3.63, 3.8) is 0 Å². The number of fused-ring (bicyclic) bond motifs is 3. The van der Waals surface area contributed by atoms with Crippen LogP contribution in [0.1, 0.15) is 25.2 Å². The molecule has 0 atom stereocenters. The van der Waals surface area contributed by atoms with Gasteiger partial charge in [-0.15, -0.1) is 0 Å². The van der Waals surface area contributed by atoms with Crippen LogP contribution in [-0.4, -0.2) is 26.1 Å². The van der Waals surface area contributed by atoms with E-state index in [-0.39, 0.29) is 0 Å². The molecule has 0 aliphatic rings. The molecule has 0 aliphatic heterocycles. The number of nitrogens with one attached hydrogen (secondary N) is 1. The fourth-order valence-electron chi connectivity index (χ4n) is 2.71. The second-order valence-corrected chi connectivity index (χ2v) is 5.38. The maximum absolute atomic E-state index is 13.1. The smallest absolute Gasteiger partial charge is 0.338 e. The molecule has 142 valence electrons. The maximum Gasteiger partial charge on any atom is 0.450 e. The minimum absolute atomic E-state index is 0.305. The van der Waals surface area contributed by atoms with Crippen LogP contribution in [0.5, 0.6) is 0 Å². The number of nitrogens with zero attached hydrogens (tertiary/aromatic N) is 3. The largest absolute Gasteiger partial charge is 0.450 e. The molecule has 0 amide bonds. The summed E-state index contributed by atoms with van der Waals surface area (Å²) in [5, 5.41) is 0. The van der Waals surface area contributed by atoms with E-state index >= 15 is 0 Å². The van der Waals surface area contributed by atoms with Crippen molar-refractivity contribution in [2.75, 3.05) is 0 Å². The van der Waals surface area contributed by atoms with Crippen molar-refractivity contribution < 1.29 is 18.0 Å². The van der Waals surface area contributed by atoms with E-state index in [9.17, 15) is 13.2 Å². The topological polar surface area (TPSA) is 63.1 Å². The Hall–Kier alpha value is -3.16. The summed E-state index contributed by atoms with van der Waals surface area (Å²) < 4.78 is 40.5. The number of benzene rings is 1. The fraction of sp³-hybridized carbons (Fsp3) is 0.211. The first-order valence-corrected chi connectivity index (χ1v) is 8.22. The molecule has 0 saturated heterocycles. The number of imidazole rings is 1. The van der Waals surface area contributed by atoms with Crippen LogP contribution >= 0.6 is 0 Å². The Bertz CT molecular complexity index is 1050. The van der Waals surface area contributed by atoms with Crippen LogP contribution in [-0.2, 0) is 11.0 Å². The Kier molecular flexibility index (Phi) is 5.99. The van der Waals surface area contributed by atoms with Gasteiger partial charge in [0.25, 0.3) is 0 Å². The summed E-state index contributed by atoms with van der Waals surface area (Å²) in [6.07, 6.45) is -1.98. The zero-order valence-corrected chi connectivity index (χ0v) is 15.1. The van der Waals surface area contributed by atoms with Gasteiger partial charge < -0.3 is 9.78 Å². The van der Waals surface area contributed by atoms with Crippen LogP contribution in [0, 0.1) is 6.92 Å². The number of aromatic amines is 1. The Morgan fingerprint density at radius 3 is 2.37 bits per heavy atom. The molecule has 0 radical (unpaired) electrons. The highest BCUT2D eigenvalue weighted by Crippen LogP contribution is 2.32. The van der Waals surface area contributed by atoms with Crippen LogP contribution < -0.4 is 0 Å². The van der Waals surface area contributed by atoms with Crippen molar-refractivity contribution >= 4 is 23.5 Å². The SMILES string of the molecule is C=O.CC.Cc1cccc(-c2cc3c(ncc4cnc(C(F)(F)F)n43)[nH]2)c1. The van der Waals surface area contributed by atoms with E-state index in [0.29, 0.717) is 22.4 Å². The summed E-state index contributed by atoms with van der Waals surface area (Å²) >= 11 is 0. The molecule has 0 aliphatic carbocycles. The molecule has 1 N–H and O–H groups in total. The molecule has 0 fully saturated rings. The minimum Gasteiger partial charge on any atom is -0.338 e. The lowest BCUT2D eigenvalue weighted by molar-refractivity contribution is -0.145. The van der Waals surface area contributed by atoms with Crippen LogP contribution in [0.25, 0.3) is 27.9 Å². The summed E-state index contributed by atoms with van der Waals surface area (Å²) in [6.45, 7) is 7.96. The first-order valence-electron chi connectivity index (χ1n) is 8.22. The van der Waals surface area contributed by atoms with Gasteiger partial charge in [0, 0.05) is 5.69 Å². The second-order valence-electron chi connectivity index (χ2n) is 5.38. The van der Waals surface area contributed by atoms with E-state index in [1.165, 1.54) is 12.4 Å². The molecule has 8 heteroatoms. The van der Waals surface area contributed by atoms with Crippen molar-refractivity contribution in [1.29, 1.82) is 0 Å². The monoisotopic (exact) mass is 376 g/mol. The number of hydrogen-bond acceptors (Lipinski definition) is 3. The Labute approximate surface area is 153 Å². The first-order chi connectivity index (χ1) is 12.9. The van der Waals surface area contributed by atoms with Crippen LogP contribution in [0.15, 0.2) is 42.7 Å². The Balaban J connectivity index is 0.000000614. The van der Waals surface area contributed by atoms with Crippen LogP contribution in [0.3, 0.4) is 0 Å². The molecule has 0 bridgehead atoms. The first kappa shape index (κ1) is 20.2. The van der Waals surface area contributed by atoms with Crippen molar-refractivity contribution in [2.45, 2.75) is 26.9 Å². The molecule has 4 rings (SSSR count). The molecule has 4 aromatic rings. The number of rotatable bonds is 1.